The van der Waals surface area contributed by atoms with E-state index in [9.17, 15) is 4.79 Å². The fourth-order valence-corrected chi connectivity index (χ4v) is 2.65. The summed E-state index contributed by atoms with van der Waals surface area (Å²) in [7, 11) is 4.60. The van der Waals surface area contributed by atoms with E-state index in [1.54, 1.807) is 12.1 Å². The minimum atomic E-state index is -0.139. The molecule has 0 bridgehead atoms. The Balaban J connectivity index is 0.00000264. The maximum Gasteiger partial charge on any atom is 0.251 e. The van der Waals surface area contributed by atoms with Crippen LogP contribution in [0.2, 0.25) is 0 Å². The van der Waals surface area contributed by atoms with Crippen LogP contribution in [0.3, 0.4) is 0 Å². The zero-order chi connectivity index (χ0) is 16.1. The van der Waals surface area contributed by atoms with Crippen molar-refractivity contribution in [1.29, 1.82) is 0 Å². The number of hydrogen-bond acceptors (Lipinski definition) is 5. The number of methoxy groups -OCH3 is 3. The van der Waals surface area contributed by atoms with Gasteiger partial charge in [0.05, 0.1) is 21.3 Å². The number of carbonyl (C=O) groups excluding carboxylic acids is 1. The highest BCUT2D eigenvalue weighted by atomic mass is 35.5. The van der Waals surface area contributed by atoms with Gasteiger partial charge in [-0.05, 0) is 31.0 Å². The average molecular weight is 345 g/mol. The van der Waals surface area contributed by atoms with Crippen LogP contribution in [0, 0.1) is 5.92 Å². The first-order chi connectivity index (χ1) is 10.6. The summed E-state index contributed by atoms with van der Waals surface area (Å²) >= 11 is 0. The van der Waals surface area contributed by atoms with Crippen LogP contribution in [-0.4, -0.2) is 46.4 Å². The number of ether oxygens (including phenoxy) is 3. The van der Waals surface area contributed by atoms with Crippen molar-refractivity contribution in [1.82, 2.24) is 10.6 Å². The lowest BCUT2D eigenvalue weighted by Crippen LogP contribution is -2.50. The number of amides is 1. The summed E-state index contributed by atoms with van der Waals surface area (Å²) in [5.41, 5.74) is 0.493. The summed E-state index contributed by atoms with van der Waals surface area (Å²) in [5, 5.41) is 6.37. The Morgan fingerprint density at radius 3 is 2.26 bits per heavy atom. The van der Waals surface area contributed by atoms with Gasteiger partial charge in [-0.2, -0.15) is 0 Å². The van der Waals surface area contributed by atoms with Crippen LogP contribution in [0.25, 0.3) is 0 Å². The minimum absolute atomic E-state index is 0. The second-order valence-electron chi connectivity index (χ2n) is 5.46. The largest absolute Gasteiger partial charge is 0.493 e. The molecule has 0 aliphatic carbocycles. The summed E-state index contributed by atoms with van der Waals surface area (Å²) in [6.07, 6.45) is 1.06. The molecule has 0 radical (unpaired) electrons. The number of benzene rings is 1. The molecule has 1 aliphatic rings. The SMILES string of the molecule is COc1cc(C(=O)NC2CNCCC2C)cc(OC)c1OC.Cl. The Morgan fingerprint density at radius 1 is 1.17 bits per heavy atom. The lowest BCUT2D eigenvalue weighted by molar-refractivity contribution is 0.0914. The van der Waals surface area contributed by atoms with Gasteiger partial charge in [0, 0.05) is 18.2 Å². The molecule has 1 aromatic rings. The lowest BCUT2D eigenvalue weighted by Gasteiger charge is -2.30. The fourth-order valence-electron chi connectivity index (χ4n) is 2.65. The molecule has 0 spiro atoms. The summed E-state index contributed by atoms with van der Waals surface area (Å²) in [6.45, 7) is 3.94. The number of hydrogen-bond donors (Lipinski definition) is 2. The molecule has 1 aliphatic heterocycles. The summed E-state index contributed by atoms with van der Waals surface area (Å²) in [4.78, 5) is 12.5. The van der Waals surface area contributed by atoms with E-state index < -0.39 is 0 Å². The standard InChI is InChI=1S/C16H24N2O4.ClH/c1-10-5-6-17-9-12(10)18-16(19)11-7-13(20-2)15(22-4)14(8-11)21-3;/h7-8,10,12,17H,5-6,9H2,1-4H3,(H,18,19);1H. The molecule has 1 fully saturated rings. The normalized spacial score (nSPS) is 20.2. The molecule has 1 aromatic carbocycles. The molecule has 23 heavy (non-hydrogen) atoms. The monoisotopic (exact) mass is 344 g/mol. The van der Waals surface area contributed by atoms with E-state index in [-0.39, 0.29) is 24.4 Å². The van der Waals surface area contributed by atoms with E-state index >= 15 is 0 Å². The number of piperidine rings is 1. The van der Waals surface area contributed by atoms with Gasteiger partial charge in [0.15, 0.2) is 11.5 Å². The first kappa shape index (κ1) is 19.4. The van der Waals surface area contributed by atoms with Crippen LogP contribution in [0.1, 0.15) is 23.7 Å². The van der Waals surface area contributed by atoms with Crippen molar-refractivity contribution < 1.29 is 19.0 Å². The molecule has 2 rings (SSSR count). The van der Waals surface area contributed by atoms with Crippen LogP contribution < -0.4 is 24.8 Å². The zero-order valence-electron chi connectivity index (χ0n) is 14.0. The second kappa shape index (κ2) is 8.84. The predicted molar refractivity (Wildman–Crippen MR) is 91.3 cm³/mol. The van der Waals surface area contributed by atoms with Crippen molar-refractivity contribution >= 4 is 18.3 Å². The number of rotatable bonds is 5. The Bertz CT molecular complexity index is 514. The van der Waals surface area contributed by atoms with E-state index in [1.165, 1.54) is 21.3 Å². The van der Waals surface area contributed by atoms with Crippen LogP contribution in [0.5, 0.6) is 17.2 Å². The summed E-state index contributed by atoms with van der Waals surface area (Å²) in [6, 6.07) is 3.45. The van der Waals surface area contributed by atoms with Crippen LogP contribution >= 0.6 is 12.4 Å². The summed E-state index contributed by atoms with van der Waals surface area (Å²) in [5.74, 6) is 1.74. The maximum absolute atomic E-state index is 12.5. The molecule has 1 saturated heterocycles. The molecule has 7 heteroatoms. The topological polar surface area (TPSA) is 68.8 Å². The van der Waals surface area contributed by atoms with Crippen molar-refractivity contribution in [2.24, 2.45) is 5.92 Å². The third kappa shape index (κ3) is 4.42. The van der Waals surface area contributed by atoms with Crippen molar-refractivity contribution in [2.75, 3.05) is 34.4 Å². The fraction of sp³-hybridized carbons (Fsp3) is 0.562. The number of carbonyl (C=O) groups is 1. The van der Waals surface area contributed by atoms with Gasteiger partial charge in [0.2, 0.25) is 5.75 Å². The van der Waals surface area contributed by atoms with E-state index in [1.807, 2.05) is 0 Å². The van der Waals surface area contributed by atoms with Crippen molar-refractivity contribution in [3.63, 3.8) is 0 Å². The Labute approximate surface area is 143 Å². The number of nitrogens with one attached hydrogen (secondary N) is 2. The molecular weight excluding hydrogens is 320 g/mol. The van der Waals surface area contributed by atoms with Gasteiger partial charge < -0.3 is 24.8 Å². The maximum atomic E-state index is 12.5. The Kier molecular flexibility index (Phi) is 7.45. The molecular formula is C16H25ClN2O4. The average Bonchev–Trinajstić information content (AvgIpc) is 2.55. The highest BCUT2D eigenvalue weighted by molar-refractivity contribution is 5.95. The molecule has 2 N–H and O–H groups in total. The van der Waals surface area contributed by atoms with Gasteiger partial charge in [-0.15, -0.1) is 12.4 Å². The third-order valence-electron chi connectivity index (χ3n) is 4.07. The second-order valence-corrected chi connectivity index (χ2v) is 5.46. The highest BCUT2D eigenvalue weighted by Gasteiger charge is 2.24. The molecule has 1 amide bonds. The van der Waals surface area contributed by atoms with E-state index in [0.717, 1.165) is 19.5 Å². The molecule has 2 unspecified atom stereocenters. The van der Waals surface area contributed by atoms with Crippen molar-refractivity contribution in [3.8, 4) is 17.2 Å². The van der Waals surface area contributed by atoms with Gasteiger partial charge in [0.25, 0.3) is 5.91 Å². The third-order valence-corrected chi connectivity index (χ3v) is 4.07. The smallest absolute Gasteiger partial charge is 0.251 e. The van der Waals surface area contributed by atoms with Crippen LogP contribution in [-0.2, 0) is 0 Å². The van der Waals surface area contributed by atoms with E-state index in [0.29, 0.717) is 28.7 Å². The minimum Gasteiger partial charge on any atom is -0.493 e. The Morgan fingerprint density at radius 2 is 1.78 bits per heavy atom. The van der Waals surface area contributed by atoms with E-state index in [2.05, 4.69) is 17.6 Å². The highest BCUT2D eigenvalue weighted by Crippen LogP contribution is 2.38. The van der Waals surface area contributed by atoms with Crippen LogP contribution in [0.4, 0.5) is 0 Å². The predicted octanol–water partition coefficient (Wildman–Crippen LogP) is 1.86. The quantitative estimate of drug-likeness (QED) is 0.853. The molecule has 0 aromatic heterocycles. The van der Waals surface area contributed by atoms with Crippen molar-refractivity contribution in [2.45, 2.75) is 19.4 Å². The molecule has 6 nitrogen and oxygen atoms in total. The molecule has 0 saturated carbocycles. The first-order valence-corrected chi connectivity index (χ1v) is 7.42. The molecule has 130 valence electrons. The van der Waals surface area contributed by atoms with E-state index in [4.69, 9.17) is 14.2 Å². The molecule has 1 heterocycles. The van der Waals surface area contributed by atoms with Gasteiger partial charge >= 0.3 is 0 Å². The van der Waals surface area contributed by atoms with Gasteiger partial charge in [-0.3, -0.25) is 4.79 Å². The first-order valence-electron chi connectivity index (χ1n) is 7.42. The van der Waals surface area contributed by atoms with Crippen LogP contribution in [0.15, 0.2) is 12.1 Å². The number of halogens is 1. The Hall–Kier alpha value is -1.66. The van der Waals surface area contributed by atoms with Crippen molar-refractivity contribution in [3.05, 3.63) is 17.7 Å². The molecule has 2 atom stereocenters. The lowest BCUT2D eigenvalue weighted by atomic mass is 9.94. The summed E-state index contributed by atoms with van der Waals surface area (Å²) < 4.78 is 15.8. The van der Waals surface area contributed by atoms with Gasteiger partial charge in [0.1, 0.15) is 0 Å². The van der Waals surface area contributed by atoms with Gasteiger partial charge in [-0.25, -0.2) is 0 Å². The van der Waals surface area contributed by atoms with Gasteiger partial charge in [-0.1, -0.05) is 6.92 Å². The zero-order valence-corrected chi connectivity index (χ0v) is 14.8.